The summed E-state index contributed by atoms with van der Waals surface area (Å²) in [5, 5.41) is 15.2. The van der Waals surface area contributed by atoms with Gasteiger partial charge >= 0.3 is 6.09 Å². The van der Waals surface area contributed by atoms with Crippen molar-refractivity contribution < 1.29 is 19.4 Å². The molecule has 1 aromatic carbocycles. The summed E-state index contributed by atoms with van der Waals surface area (Å²) in [6.45, 7) is 6.59. The van der Waals surface area contributed by atoms with Gasteiger partial charge in [-0.3, -0.25) is 4.79 Å². The van der Waals surface area contributed by atoms with E-state index in [1.165, 1.54) is 6.21 Å². The lowest BCUT2D eigenvalue weighted by atomic mass is 9.91. The SMILES string of the molecule is CC(C)CC(C)(COc1ccc(C2=CCNC3=C2C(=O)N=C3)cc1Cl)NC(=O)O. The van der Waals surface area contributed by atoms with Crippen molar-refractivity contribution >= 4 is 35.4 Å². The van der Waals surface area contributed by atoms with Gasteiger partial charge in [0.1, 0.15) is 12.4 Å². The number of carboxylic acid groups (broad SMARTS) is 1. The molecule has 154 valence electrons. The fourth-order valence-electron chi connectivity index (χ4n) is 3.72. The number of nitrogens with zero attached hydrogens (tertiary/aromatic N) is 1. The minimum absolute atomic E-state index is 0.144. The van der Waals surface area contributed by atoms with Crippen LogP contribution in [-0.4, -0.2) is 42.0 Å². The molecule has 0 saturated heterocycles. The molecule has 2 heterocycles. The highest BCUT2D eigenvalue weighted by atomic mass is 35.5. The second-order valence-electron chi connectivity index (χ2n) is 7.87. The van der Waals surface area contributed by atoms with E-state index < -0.39 is 11.6 Å². The number of hydrogen-bond donors (Lipinski definition) is 3. The monoisotopic (exact) mass is 417 g/mol. The van der Waals surface area contributed by atoms with Crippen molar-refractivity contribution in [2.75, 3.05) is 13.2 Å². The lowest BCUT2D eigenvalue weighted by Crippen LogP contribution is -2.50. The summed E-state index contributed by atoms with van der Waals surface area (Å²) in [7, 11) is 0. The van der Waals surface area contributed by atoms with Crippen molar-refractivity contribution in [2.24, 2.45) is 10.9 Å². The number of nitrogens with one attached hydrogen (secondary N) is 2. The molecule has 3 N–H and O–H groups in total. The van der Waals surface area contributed by atoms with E-state index in [1.54, 1.807) is 12.1 Å². The first-order valence-electron chi connectivity index (χ1n) is 9.39. The van der Waals surface area contributed by atoms with Crippen LogP contribution in [0.5, 0.6) is 5.75 Å². The maximum Gasteiger partial charge on any atom is 0.405 e. The van der Waals surface area contributed by atoms with E-state index in [0.29, 0.717) is 35.0 Å². The number of dihydropyridines is 1. The normalized spacial score (nSPS) is 17.6. The number of hydrogen-bond acceptors (Lipinski definition) is 4. The molecule has 2 aliphatic heterocycles. The molecule has 1 atom stereocenters. The Balaban J connectivity index is 1.77. The van der Waals surface area contributed by atoms with Crippen molar-refractivity contribution in [2.45, 2.75) is 32.7 Å². The number of ether oxygens (including phenoxy) is 1. The molecule has 0 radical (unpaired) electrons. The molecule has 1 aromatic rings. The molecule has 0 saturated carbocycles. The molecule has 7 nitrogen and oxygen atoms in total. The summed E-state index contributed by atoms with van der Waals surface area (Å²) in [5.74, 6) is 0.461. The van der Waals surface area contributed by atoms with Gasteiger partial charge in [0.2, 0.25) is 0 Å². The number of allylic oxidation sites excluding steroid dienone is 1. The lowest BCUT2D eigenvalue weighted by molar-refractivity contribution is -0.113. The van der Waals surface area contributed by atoms with Crippen LogP contribution in [0.25, 0.3) is 5.57 Å². The van der Waals surface area contributed by atoms with Gasteiger partial charge in [-0.25, -0.2) is 9.79 Å². The zero-order chi connectivity index (χ0) is 21.2. The smallest absolute Gasteiger partial charge is 0.405 e. The van der Waals surface area contributed by atoms with E-state index in [4.69, 9.17) is 21.4 Å². The number of amides is 2. The van der Waals surface area contributed by atoms with Crippen LogP contribution < -0.4 is 15.4 Å². The molecule has 1 unspecified atom stereocenters. The minimum Gasteiger partial charge on any atom is -0.490 e. The number of carbonyl (C=O) groups is 2. The van der Waals surface area contributed by atoms with E-state index in [2.05, 4.69) is 15.6 Å². The molecule has 8 heteroatoms. The lowest BCUT2D eigenvalue weighted by Gasteiger charge is -2.31. The fraction of sp³-hybridized carbons (Fsp3) is 0.381. The predicted octanol–water partition coefficient (Wildman–Crippen LogP) is 3.64. The van der Waals surface area contributed by atoms with E-state index in [1.807, 2.05) is 32.9 Å². The molecule has 0 aliphatic carbocycles. The Morgan fingerprint density at radius 2 is 2.21 bits per heavy atom. The van der Waals surface area contributed by atoms with Crippen LogP contribution in [0.1, 0.15) is 32.8 Å². The van der Waals surface area contributed by atoms with Gasteiger partial charge < -0.3 is 20.5 Å². The Morgan fingerprint density at radius 3 is 2.86 bits per heavy atom. The molecule has 3 rings (SSSR count). The van der Waals surface area contributed by atoms with Crippen molar-refractivity contribution in [1.29, 1.82) is 0 Å². The molecule has 0 aromatic heterocycles. The third kappa shape index (κ3) is 4.79. The Labute approximate surface area is 174 Å². The zero-order valence-electron chi connectivity index (χ0n) is 16.6. The maximum atomic E-state index is 12.1. The van der Waals surface area contributed by atoms with Gasteiger partial charge in [-0.05, 0) is 42.5 Å². The molecule has 0 bridgehead atoms. The van der Waals surface area contributed by atoms with Crippen LogP contribution in [-0.2, 0) is 4.79 Å². The summed E-state index contributed by atoms with van der Waals surface area (Å²) in [6, 6.07) is 5.31. The summed E-state index contributed by atoms with van der Waals surface area (Å²) in [4.78, 5) is 27.1. The van der Waals surface area contributed by atoms with Crippen molar-refractivity contribution in [1.82, 2.24) is 10.6 Å². The second-order valence-corrected chi connectivity index (χ2v) is 8.28. The largest absolute Gasteiger partial charge is 0.490 e. The molecular weight excluding hydrogens is 394 g/mol. The maximum absolute atomic E-state index is 12.1. The van der Waals surface area contributed by atoms with Gasteiger partial charge in [0.05, 0.1) is 28.0 Å². The molecule has 2 aliphatic rings. The quantitative estimate of drug-likeness (QED) is 0.628. The van der Waals surface area contributed by atoms with E-state index in [9.17, 15) is 9.59 Å². The number of rotatable bonds is 7. The van der Waals surface area contributed by atoms with E-state index >= 15 is 0 Å². The van der Waals surface area contributed by atoms with Gasteiger partial charge in [0.15, 0.2) is 0 Å². The number of halogens is 1. The van der Waals surface area contributed by atoms with E-state index in [0.717, 1.165) is 11.1 Å². The third-order valence-electron chi connectivity index (χ3n) is 4.72. The van der Waals surface area contributed by atoms with Crippen LogP contribution in [0.4, 0.5) is 4.79 Å². The van der Waals surface area contributed by atoms with Crippen LogP contribution in [0.3, 0.4) is 0 Å². The topological polar surface area (TPSA) is 100 Å². The average Bonchev–Trinajstić information content (AvgIpc) is 3.00. The minimum atomic E-state index is -1.09. The van der Waals surface area contributed by atoms with Gasteiger partial charge in [0.25, 0.3) is 5.91 Å². The van der Waals surface area contributed by atoms with Gasteiger partial charge in [-0.1, -0.05) is 37.6 Å². The first kappa shape index (κ1) is 20.9. The third-order valence-corrected chi connectivity index (χ3v) is 5.01. The van der Waals surface area contributed by atoms with Crippen LogP contribution in [0.15, 0.2) is 40.5 Å². The van der Waals surface area contributed by atoms with Crippen molar-refractivity contribution in [3.05, 3.63) is 46.1 Å². The summed E-state index contributed by atoms with van der Waals surface area (Å²) < 4.78 is 5.86. The van der Waals surface area contributed by atoms with Gasteiger partial charge in [0, 0.05) is 6.54 Å². The van der Waals surface area contributed by atoms with Crippen LogP contribution in [0, 0.1) is 5.92 Å². The second kappa shape index (κ2) is 8.29. The summed E-state index contributed by atoms with van der Waals surface area (Å²) in [6.07, 6.45) is 2.99. The summed E-state index contributed by atoms with van der Waals surface area (Å²) in [5.41, 5.74) is 2.09. The Bertz CT molecular complexity index is 936. The fourth-order valence-corrected chi connectivity index (χ4v) is 3.95. The molecular formula is C21H24ClN3O4. The highest BCUT2D eigenvalue weighted by Gasteiger charge is 2.29. The van der Waals surface area contributed by atoms with Crippen LogP contribution in [0.2, 0.25) is 5.02 Å². The zero-order valence-corrected chi connectivity index (χ0v) is 17.3. The highest BCUT2D eigenvalue weighted by Crippen LogP contribution is 2.35. The predicted molar refractivity (Wildman–Crippen MR) is 112 cm³/mol. The van der Waals surface area contributed by atoms with E-state index in [-0.39, 0.29) is 18.4 Å². The molecule has 2 amide bonds. The number of carbonyl (C=O) groups excluding carboxylic acids is 1. The number of benzene rings is 1. The van der Waals surface area contributed by atoms with Gasteiger partial charge in [-0.15, -0.1) is 0 Å². The van der Waals surface area contributed by atoms with Crippen molar-refractivity contribution in [3.63, 3.8) is 0 Å². The Hall–Kier alpha value is -2.80. The molecule has 29 heavy (non-hydrogen) atoms. The standard InChI is InChI=1S/C21H24ClN3O4/c1-12(2)9-21(3,25-20(27)28)11-29-17-5-4-13(8-15(17)22)14-6-7-23-16-10-24-19(26)18(14)16/h4-6,8,10,12,23,25H,7,9,11H2,1-3H3,(H,27,28). The Kier molecular flexibility index (Phi) is 5.98. The Morgan fingerprint density at radius 1 is 1.45 bits per heavy atom. The molecule has 0 spiro atoms. The van der Waals surface area contributed by atoms with Gasteiger partial charge in [-0.2, -0.15) is 0 Å². The van der Waals surface area contributed by atoms with Crippen LogP contribution >= 0.6 is 11.6 Å². The first-order valence-corrected chi connectivity index (χ1v) is 9.77. The average molecular weight is 418 g/mol. The van der Waals surface area contributed by atoms with Crippen molar-refractivity contribution in [3.8, 4) is 5.75 Å². The first-order chi connectivity index (χ1) is 13.7. The summed E-state index contributed by atoms with van der Waals surface area (Å²) >= 11 is 6.43. The molecule has 0 fully saturated rings. The highest BCUT2D eigenvalue weighted by molar-refractivity contribution is 6.32. The number of aliphatic imine (C=N–C) groups is 1.